The number of hydrogen-bond acceptors (Lipinski definition) is 4. The minimum absolute atomic E-state index is 0.499. The fourth-order valence-electron chi connectivity index (χ4n) is 0.936. The fraction of sp³-hybridized carbons (Fsp3) is 0.444. The maximum atomic E-state index is 8.70. The van der Waals surface area contributed by atoms with Gasteiger partial charge in [0.2, 0.25) is 0 Å². The molecular weight excluding hydrogens is 164 g/mol. The first-order valence-corrected chi connectivity index (χ1v) is 4.32. The van der Waals surface area contributed by atoms with Crippen molar-refractivity contribution in [2.75, 3.05) is 11.9 Å². The zero-order chi connectivity index (χ0) is 9.52. The molecule has 0 atom stereocenters. The molecule has 68 valence electrons. The molecule has 0 aliphatic heterocycles. The topological polar surface area (TPSA) is 61.6 Å². The Labute approximate surface area is 77.6 Å². The molecule has 0 aromatic carbocycles. The largest absolute Gasteiger partial charge is 0.369 e. The van der Waals surface area contributed by atoms with Crippen molar-refractivity contribution >= 4 is 5.82 Å². The molecule has 0 saturated carbocycles. The Morgan fingerprint density at radius 3 is 3.15 bits per heavy atom. The van der Waals surface area contributed by atoms with E-state index in [4.69, 9.17) is 5.26 Å². The predicted octanol–water partition coefficient (Wildman–Crippen LogP) is 1.56. The highest BCUT2D eigenvalue weighted by atomic mass is 15.0. The highest BCUT2D eigenvalue weighted by Crippen LogP contribution is 2.07. The monoisotopic (exact) mass is 176 g/mol. The molecule has 1 N–H and O–H groups in total. The fourth-order valence-corrected chi connectivity index (χ4v) is 0.936. The van der Waals surface area contributed by atoms with E-state index in [1.807, 2.05) is 6.07 Å². The first kappa shape index (κ1) is 9.46. The van der Waals surface area contributed by atoms with Crippen molar-refractivity contribution in [2.24, 2.45) is 0 Å². The van der Waals surface area contributed by atoms with E-state index in [9.17, 15) is 0 Å². The van der Waals surface area contributed by atoms with Gasteiger partial charge in [0.1, 0.15) is 23.8 Å². The Morgan fingerprint density at radius 1 is 1.62 bits per heavy atom. The van der Waals surface area contributed by atoms with Crippen molar-refractivity contribution in [2.45, 2.75) is 19.8 Å². The van der Waals surface area contributed by atoms with Gasteiger partial charge >= 0.3 is 0 Å². The van der Waals surface area contributed by atoms with Crippen LogP contribution in [0.2, 0.25) is 0 Å². The van der Waals surface area contributed by atoms with Crippen LogP contribution in [0.25, 0.3) is 0 Å². The second-order valence-corrected chi connectivity index (χ2v) is 2.68. The van der Waals surface area contributed by atoms with E-state index >= 15 is 0 Å². The number of nitrogens with one attached hydrogen (secondary N) is 1. The van der Waals surface area contributed by atoms with Gasteiger partial charge in [0, 0.05) is 6.54 Å². The molecule has 4 heteroatoms. The Morgan fingerprint density at radius 2 is 2.46 bits per heavy atom. The first-order valence-electron chi connectivity index (χ1n) is 4.32. The molecule has 0 amide bonds. The molecule has 1 aromatic rings. The van der Waals surface area contributed by atoms with Crippen LogP contribution in [0.1, 0.15) is 25.3 Å². The van der Waals surface area contributed by atoms with E-state index in [1.165, 1.54) is 12.5 Å². The van der Waals surface area contributed by atoms with Crippen LogP contribution in [0.15, 0.2) is 12.5 Å². The van der Waals surface area contributed by atoms with Gasteiger partial charge in [-0.2, -0.15) is 5.26 Å². The average molecular weight is 176 g/mol. The zero-order valence-electron chi connectivity index (χ0n) is 7.62. The number of unbranched alkanes of at least 4 members (excludes halogenated alkanes) is 1. The molecular formula is C9H12N4. The smallest absolute Gasteiger partial charge is 0.147 e. The Bertz CT molecular complexity index is 303. The number of rotatable bonds is 4. The number of hydrogen-bond donors (Lipinski definition) is 1. The zero-order valence-corrected chi connectivity index (χ0v) is 7.62. The molecule has 4 nitrogen and oxygen atoms in total. The summed E-state index contributed by atoms with van der Waals surface area (Å²) in [4.78, 5) is 7.75. The van der Waals surface area contributed by atoms with Crippen molar-refractivity contribution in [3.05, 3.63) is 18.1 Å². The highest BCUT2D eigenvalue weighted by molar-refractivity contribution is 5.49. The summed E-state index contributed by atoms with van der Waals surface area (Å²) in [5, 5.41) is 11.8. The van der Waals surface area contributed by atoms with E-state index in [-0.39, 0.29) is 0 Å². The molecule has 13 heavy (non-hydrogen) atoms. The molecule has 1 heterocycles. The standard InChI is InChI=1S/C9H12N4/c1-2-3-4-12-9-8(5-10)6-11-7-13-9/h6-7H,2-4H2,1H3,(H,11,12,13). The molecule has 1 aromatic heterocycles. The van der Waals surface area contributed by atoms with Crippen LogP contribution in [0.4, 0.5) is 5.82 Å². The summed E-state index contributed by atoms with van der Waals surface area (Å²) in [7, 11) is 0. The Balaban J connectivity index is 2.60. The summed E-state index contributed by atoms with van der Waals surface area (Å²) in [5.74, 6) is 0.631. The highest BCUT2D eigenvalue weighted by Gasteiger charge is 2.00. The van der Waals surface area contributed by atoms with Crippen molar-refractivity contribution in [3.63, 3.8) is 0 Å². The van der Waals surface area contributed by atoms with Gasteiger partial charge in [-0.3, -0.25) is 0 Å². The SMILES string of the molecule is CCCCNc1ncncc1C#N. The van der Waals surface area contributed by atoms with Crippen molar-refractivity contribution < 1.29 is 0 Å². The number of nitrogens with zero attached hydrogens (tertiary/aromatic N) is 3. The second-order valence-electron chi connectivity index (χ2n) is 2.68. The van der Waals surface area contributed by atoms with Crippen LogP contribution in [0.3, 0.4) is 0 Å². The lowest BCUT2D eigenvalue weighted by atomic mass is 10.3. The van der Waals surface area contributed by atoms with Gasteiger partial charge in [-0.1, -0.05) is 13.3 Å². The van der Waals surface area contributed by atoms with E-state index in [0.29, 0.717) is 11.4 Å². The Hall–Kier alpha value is -1.63. The van der Waals surface area contributed by atoms with Gasteiger partial charge < -0.3 is 5.32 Å². The third-order valence-corrected chi connectivity index (χ3v) is 1.66. The average Bonchev–Trinajstić information content (AvgIpc) is 2.19. The minimum atomic E-state index is 0.499. The van der Waals surface area contributed by atoms with Gasteiger partial charge in [0.15, 0.2) is 0 Å². The third kappa shape index (κ3) is 2.71. The number of nitriles is 1. The maximum Gasteiger partial charge on any atom is 0.147 e. The summed E-state index contributed by atoms with van der Waals surface area (Å²) >= 11 is 0. The molecule has 0 saturated heterocycles. The summed E-state index contributed by atoms with van der Waals surface area (Å²) in [6, 6.07) is 2.03. The van der Waals surface area contributed by atoms with E-state index in [1.54, 1.807) is 0 Å². The molecule has 0 unspecified atom stereocenters. The summed E-state index contributed by atoms with van der Waals surface area (Å²) in [5.41, 5.74) is 0.499. The van der Waals surface area contributed by atoms with E-state index < -0.39 is 0 Å². The van der Waals surface area contributed by atoms with Gasteiger partial charge in [-0.25, -0.2) is 9.97 Å². The second kappa shape index (κ2) is 5.09. The van der Waals surface area contributed by atoms with Gasteiger partial charge in [0.25, 0.3) is 0 Å². The molecule has 0 aliphatic rings. The van der Waals surface area contributed by atoms with Crippen LogP contribution in [-0.2, 0) is 0 Å². The normalized spacial score (nSPS) is 9.23. The van der Waals surface area contributed by atoms with Gasteiger partial charge in [0.05, 0.1) is 6.20 Å². The molecule has 0 aliphatic carbocycles. The van der Waals surface area contributed by atoms with E-state index in [0.717, 1.165) is 19.4 Å². The van der Waals surface area contributed by atoms with Gasteiger partial charge in [-0.05, 0) is 6.42 Å². The van der Waals surface area contributed by atoms with Crippen LogP contribution >= 0.6 is 0 Å². The third-order valence-electron chi connectivity index (χ3n) is 1.66. The molecule has 0 radical (unpaired) electrons. The van der Waals surface area contributed by atoms with Crippen LogP contribution in [0.5, 0.6) is 0 Å². The van der Waals surface area contributed by atoms with Crippen molar-refractivity contribution in [3.8, 4) is 6.07 Å². The number of aromatic nitrogens is 2. The predicted molar refractivity (Wildman–Crippen MR) is 50.1 cm³/mol. The maximum absolute atomic E-state index is 8.70. The summed E-state index contributed by atoms with van der Waals surface area (Å²) < 4.78 is 0. The van der Waals surface area contributed by atoms with Crippen molar-refractivity contribution in [1.82, 2.24) is 9.97 Å². The van der Waals surface area contributed by atoms with Crippen molar-refractivity contribution in [1.29, 1.82) is 5.26 Å². The molecule has 1 rings (SSSR count). The molecule has 0 spiro atoms. The molecule has 0 bridgehead atoms. The van der Waals surface area contributed by atoms with Crippen LogP contribution < -0.4 is 5.32 Å². The lowest BCUT2D eigenvalue weighted by Crippen LogP contribution is -2.04. The lowest BCUT2D eigenvalue weighted by molar-refractivity contribution is 0.830. The summed E-state index contributed by atoms with van der Waals surface area (Å²) in [6.45, 7) is 2.97. The van der Waals surface area contributed by atoms with E-state index in [2.05, 4.69) is 22.2 Å². The van der Waals surface area contributed by atoms with Gasteiger partial charge in [-0.15, -0.1) is 0 Å². The lowest BCUT2D eigenvalue weighted by Gasteiger charge is -2.04. The quantitative estimate of drug-likeness (QED) is 0.707. The van der Waals surface area contributed by atoms with Crippen LogP contribution in [-0.4, -0.2) is 16.5 Å². The molecule has 0 fully saturated rings. The minimum Gasteiger partial charge on any atom is -0.369 e. The summed E-state index contributed by atoms with van der Waals surface area (Å²) in [6.07, 6.45) is 5.16. The number of anilines is 1. The Kier molecular flexibility index (Phi) is 3.71. The van der Waals surface area contributed by atoms with Crippen LogP contribution in [0, 0.1) is 11.3 Å². The first-order chi connectivity index (χ1) is 6.38.